The Morgan fingerprint density at radius 2 is 2.06 bits per heavy atom. The van der Waals surface area contributed by atoms with Gasteiger partial charge in [0.05, 0.1) is 0 Å². The van der Waals surface area contributed by atoms with Gasteiger partial charge in [0.2, 0.25) is 0 Å². The number of piperazine rings is 1. The van der Waals surface area contributed by atoms with Crippen molar-refractivity contribution in [1.29, 1.82) is 0 Å². The Bertz CT molecular complexity index is 196. The van der Waals surface area contributed by atoms with Crippen LogP contribution in [0, 0.1) is 5.92 Å². The molecule has 1 aliphatic rings. The van der Waals surface area contributed by atoms with Crippen LogP contribution in [-0.4, -0.2) is 48.1 Å². The molecule has 0 radical (unpaired) electrons. The van der Waals surface area contributed by atoms with E-state index in [2.05, 4.69) is 44.2 Å². The third-order valence-electron chi connectivity index (χ3n) is 3.65. The van der Waals surface area contributed by atoms with Gasteiger partial charge in [-0.3, -0.25) is 4.90 Å². The first-order valence-electron chi connectivity index (χ1n) is 6.54. The average Bonchev–Trinajstić information content (AvgIpc) is 2.25. The van der Waals surface area contributed by atoms with Crippen LogP contribution in [0.2, 0.25) is 0 Å². The minimum absolute atomic E-state index is 0.652. The van der Waals surface area contributed by atoms with Crippen LogP contribution in [0.3, 0.4) is 0 Å². The molecule has 0 aromatic carbocycles. The number of nitrogens with one attached hydrogen (secondary N) is 1. The fraction of sp³-hybridized carbons (Fsp3) is 1.00. The van der Waals surface area contributed by atoms with E-state index in [0.29, 0.717) is 6.04 Å². The van der Waals surface area contributed by atoms with E-state index in [1.165, 1.54) is 19.5 Å². The van der Waals surface area contributed by atoms with Crippen molar-refractivity contribution in [1.82, 2.24) is 10.2 Å². The zero-order valence-corrected chi connectivity index (χ0v) is 12.3. The first-order valence-corrected chi connectivity index (χ1v) is 7.83. The Balaban J connectivity index is 2.44. The molecule has 16 heavy (non-hydrogen) atoms. The van der Waals surface area contributed by atoms with Crippen molar-refractivity contribution in [2.75, 3.05) is 25.9 Å². The van der Waals surface area contributed by atoms with E-state index >= 15 is 0 Å². The van der Waals surface area contributed by atoms with Gasteiger partial charge >= 0.3 is 0 Å². The summed E-state index contributed by atoms with van der Waals surface area (Å²) in [5, 5.41) is 4.39. The van der Waals surface area contributed by atoms with E-state index in [4.69, 9.17) is 0 Å². The molecule has 0 amide bonds. The van der Waals surface area contributed by atoms with Crippen LogP contribution < -0.4 is 5.32 Å². The highest BCUT2D eigenvalue weighted by Gasteiger charge is 2.27. The monoisotopic (exact) mass is 244 g/mol. The molecule has 0 saturated carbocycles. The first-order chi connectivity index (χ1) is 7.54. The number of hydrogen-bond acceptors (Lipinski definition) is 3. The van der Waals surface area contributed by atoms with Crippen LogP contribution in [-0.2, 0) is 0 Å². The lowest BCUT2D eigenvalue weighted by Crippen LogP contribution is -2.57. The summed E-state index contributed by atoms with van der Waals surface area (Å²) in [7, 11) is 0. The topological polar surface area (TPSA) is 15.3 Å². The fourth-order valence-electron chi connectivity index (χ4n) is 2.38. The Morgan fingerprint density at radius 1 is 1.38 bits per heavy atom. The van der Waals surface area contributed by atoms with Crippen LogP contribution in [0.4, 0.5) is 0 Å². The molecule has 0 aromatic heterocycles. The minimum Gasteiger partial charge on any atom is -0.311 e. The van der Waals surface area contributed by atoms with Gasteiger partial charge in [0.25, 0.3) is 0 Å². The lowest BCUT2D eigenvalue weighted by molar-refractivity contribution is 0.102. The van der Waals surface area contributed by atoms with Gasteiger partial charge in [-0.25, -0.2) is 0 Å². The minimum atomic E-state index is 0.652. The van der Waals surface area contributed by atoms with Crippen molar-refractivity contribution in [2.45, 2.75) is 51.4 Å². The normalized spacial score (nSPS) is 29.6. The van der Waals surface area contributed by atoms with E-state index in [0.717, 1.165) is 23.8 Å². The van der Waals surface area contributed by atoms with Gasteiger partial charge in [-0.05, 0) is 32.1 Å². The molecule has 1 heterocycles. The lowest BCUT2D eigenvalue weighted by atomic mass is 9.98. The van der Waals surface area contributed by atoms with Crippen molar-refractivity contribution in [3.05, 3.63) is 0 Å². The fourth-order valence-corrected chi connectivity index (χ4v) is 2.72. The highest BCUT2D eigenvalue weighted by molar-refractivity contribution is 7.99. The molecule has 96 valence electrons. The van der Waals surface area contributed by atoms with Crippen LogP contribution in [0.25, 0.3) is 0 Å². The van der Waals surface area contributed by atoms with Gasteiger partial charge < -0.3 is 5.32 Å². The van der Waals surface area contributed by atoms with Crippen molar-refractivity contribution >= 4 is 11.8 Å². The quantitative estimate of drug-likeness (QED) is 0.800. The number of rotatable bonds is 5. The molecule has 1 rings (SSSR count). The molecule has 3 heteroatoms. The lowest BCUT2D eigenvalue weighted by Gasteiger charge is -2.41. The van der Waals surface area contributed by atoms with Gasteiger partial charge in [-0.15, -0.1) is 0 Å². The highest BCUT2D eigenvalue weighted by Crippen LogP contribution is 2.18. The molecule has 2 nitrogen and oxygen atoms in total. The van der Waals surface area contributed by atoms with Gasteiger partial charge in [0.1, 0.15) is 0 Å². The van der Waals surface area contributed by atoms with Crippen LogP contribution in [0.5, 0.6) is 0 Å². The van der Waals surface area contributed by atoms with E-state index in [1.54, 1.807) is 0 Å². The summed E-state index contributed by atoms with van der Waals surface area (Å²) in [5.74, 6) is 0.754. The van der Waals surface area contributed by atoms with Gasteiger partial charge in [0, 0.05) is 30.4 Å². The predicted molar refractivity (Wildman–Crippen MR) is 75.3 cm³/mol. The Hall–Kier alpha value is 0.270. The zero-order chi connectivity index (χ0) is 12.1. The summed E-state index contributed by atoms with van der Waals surface area (Å²) in [6.45, 7) is 12.9. The molecule has 3 unspecified atom stereocenters. The van der Waals surface area contributed by atoms with Gasteiger partial charge in [-0.2, -0.15) is 11.8 Å². The molecule has 0 bridgehead atoms. The summed E-state index contributed by atoms with van der Waals surface area (Å²) in [4.78, 5) is 2.69. The molecule has 1 aliphatic heterocycles. The summed E-state index contributed by atoms with van der Waals surface area (Å²) in [6, 6.07) is 1.38. The van der Waals surface area contributed by atoms with E-state index in [-0.39, 0.29) is 0 Å². The average molecular weight is 244 g/mol. The highest BCUT2D eigenvalue weighted by atomic mass is 32.2. The molecule has 0 aromatic rings. The van der Waals surface area contributed by atoms with E-state index in [1.807, 2.05) is 11.8 Å². The number of thioether (sulfide) groups is 1. The second-order valence-electron chi connectivity index (χ2n) is 5.45. The molecule has 1 saturated heterocycles. The van der Waals surface area contributed by atoms with E-state index < -0.39 is 0 Å². The van der Waals surface area contributed by atoms with Crippen molar-refractivity contribution < 1.29 is 0 Å². The smallest absolute Gasteiger partial charge is 0.0244 e. The molecule has 0 aliphatic carbocycles. The van der Waals surface area contributed by atoms with Crippen LogP contribution >= 0.6 is 11.8 Å². The molecule has 0 spiro atoms. The summed E-state index contributed by atoms with van der Waals surface area (Å²) in [6.07, 6.45) is 3.53. The molecule has 3 atom stereocenters. The SMILES string of the molecule is CSC(C)CCN1CC(C)NCC1C(C)C. The Kier molecular flexibility index (Phi) is 6.16. The van der Waals surface area contributed by atoms with Crippen molar-refractivity contribution in [3.63, 3.8) is 0 Å². The summed E-state index contributed by atoms with van der Waals surface area (Å²) >= 11 is 1.98. The van der Waals surface area contributed by atoms with Crippen LogP contribution in [0.1, 0.15) is 34.1 Å². The van der Waals surface area contributed by atoms with Crippen LogP contribution in [0.15, 0.2) is 0 Å². The van der Waals surface area contributed by atoms with Crippen molar-refractivity contribution in [2.24, 2.45) is 5.92 Å². The maximum absolute atomic E-state index is 3.60. The maximum Gasteiger partial charge on any atom is 0.0244 e. The van der Waals surface area contributed by atoms with Crippen molar-refractivity contribution in [3.8, 4) is 0 Å². The molecular formula is C13H28N2S. The van der Waals surface area contributed by atoms with E-state index in [9.17, 15) is 0 Å². The standard InChI is InChI=1S/C13H28N2S/c1-10(2)13-8-14-11(3)9-15(13)7-6-12(4)16-5/h10-14H,6-9H2,1-5H3. The number of nitrogens with zero attached hydrogens (tertiary/aromatic N) is 1. The Labute approximate surface area is 106 Å². The largest absolute Gasteiger partial charge is 0.311 e. The zero-order valence-electron chi connectivity index (χ0n) is 11.5. The molecule has 1 N–H and O–H groups in total. The third-order valence-corrected chi connectivity index (χ3v) is 4.69. The van der Waals surface area contributed by atoms with Gasteiger partial charge in [-0.1, -0.05) is 20.8 Å². The summed E-state index contributed by atoms with van der Waals surface area (Å²) in [5.41, 5.74) is 0. The molecular weight excluding hydrogens is 216 g/mol. The maximum atomic E-state index is 3.60. The number of hydrogen-bond donors (Lipinski definition) is 1. The Morgan fingerprint density at radius 3 is 2.62 bits per heavy atom. The second kappa shape index (κ2) is 6.87. The third kappa shape index (κ3) is 4.27. The van der Waals surface area contributed by atoms with Gasteiger partial charge in [0.15, 0.2) is 0 Å². The molecule has 1 fully saturated rings. The predicted octanol–water partition coefficient (Wildman–Crippen LogP) is 2.45. The second-order valence-corrected chi connectivity index (χ2v) is 6.73. The summed E-state index contributed by atoms with van der Waals surface area (Å²) < 4.78 is 0. The first kappa shape index (κ1) is 14.3.